The van der Waals surface area contributed by atoms with Crippen LogP contribution < -0.4 is 5.32 Å². The summed E-state index contributed by atoms with van der Waals surface area (Å²) in [5.41, 5.74) is 0.0664. The van der Waals surface area contributed by atoms with Crippen LogP contribution in [0.2, 0.25) is 0 Å². The zero-order valence-electron chi connectivity index (χ0n) is 10.9. The molecule has 0 aliphatic rings. The number of carbonyl (C=O) groups is 2. The van der Waals surface area contributed by atoms with E-state index >= 15 is 0 Å². The quantitative estimate of drug-likeness (QED) is 0.885. The van der Waals surface area contributed by atoms with Crippen molar-refractivity contribution in [1.82, 2.24) is 4.98 Å². The normalized spacial score (nSPS) is 10.4. The number of ether oxygens (including phenoxy) is 1. The smallest absolute Gasteiger partial charge is 0.347 e. The highest BCUT2D eigenvalue weighted by Crippen LogP contribution is 2.24. The summed E-state index contributed by atoms with van der Waals surface area (Å²) in [6.45, 7) is 0.00764. The molecule has 2 rings (SSSR count). The lowest BCUT2D eigenvalue weighted by Gasteiger charge is -2.02. The van der Waals surface area contributed by atoms with Gasteiger partial charge in [-0.2, -0.15) is 0 Å². The minimum absolute atomic E-state index is 0.00764. The number of nitrogens with one attached hydrogen (secondary N) is 1. The summed E-state index contributed by atoms with van der Waals surface area (Å²) in [6, 6.07) is 5.48. The molecular weight excluding hydrogens is 299 g/mol. The molecule has 0 spiro atoms. The molecule has 6 nitrogen and oxygen atoms in total. The van der Waals surface area contributed by atoms with Gasteiger partial charge in [0.25, 0.3) is 5.91 Å². The van der Waals surface area contributed by atoms with Crippen LogP contribution in [0.1, 0.15) is 25.7 Å². The number of halogens is 1. The lowest BCUT2D eigenvalue weighted by molar-refractivity contribution is 0.0696. The molecule has 0 atom stereocenters. The number of benzene rings is 1. The number of thiazole rings is 1. The second kappa shape index (κ2) is 6.42. The van der Waals surface area contributed by atoms with E-state index in [1.54, 1.807) is 0 Å². The van der Waals surface area contributed by atoms with Crippen LogP contribution in [0.3, 0.4) is 0 Å². The van der Waals surface area contributed by atoms with Crippen molar-refractivity contribution in [3.05, 3.63) is 46.2 Å². The van der Waals surface area contributed by atoms with Gasteiger partial charge in [-0.3, -0.25) is 10.1 Å². The number of amides is 1. The maximum atomic E-state index is 13.5. The lowest BCUT2D eigenvalue weighted by Crippen LogP contribution is -2.13. The van der Waals surface area contributed by atoms with Crippen LogP contribution in [0.4, 0.5) is 9.52 Å². The van der Waals surface area contributed by atoms with Crippen molar-refractivity contribution in [2.75, 3.05) is 12.4 Å². The largest absolute Gasteiger partial charge is 0.477 e. The minimum Gasteiger partial charge on any atom is -0.477 e. The molecule has 0 fully saturated rings. The first kappa shape index (κ1) is 15.1. The predicted molar refractivity (Wildman–Crippen MR) is 74.1 cm³/mol. The lowest BCUT2D eigenvalue weighted by atomic mass is 10.2. The van der Waals surface area contributed by atoms with Crippen LogP contribution in [0, 0.1) is 5.82 Å². The molecule has 1 aromatic heterocycles. The van der Waals surface area contributed by atoms with E-state index in [9.17, 15) is 14.0 Å². The van der Waals surface area contributed by atoms with E-state index in [2.05, 4.69) is 10.3 Å². The van der Waals surface area contributed by atoms with Crippen molar-refractivity contribution >= 4 is 28.3 Å². The first-order chi connectivity index (χ1) is 10.0. The predicted octanol–water partition coefficient (Wildman–Crippen LogP) is 2.38. The molecule has 0 unspecified atom stereocenters. The number of aromatic nitrogens is 1. The molecule has 0 bridgehead atoms. The summed E-state index contributed by atoms with van der Waals surface area (Å²) in [4.78, 5) is 26.9. The van der Waals surface area contributed by atoms with Crippen molar-refractivity contribution in [3.8, 4) is 0 Å². The van der Waals surface area contributed by atoms with Gasteiger partial charge in [0.05, 0.1) is 17.9 Å². The Morgan fingerprint density at radius 3 is 2.76 bits per heavy atom. The van der Waals surface area contributed by atoms with E-state index in [0.717, 1.165) is 17.4 Å². The Morgan fingerprint density at radius 2 is 2.14 bits per heavy atom. The highest BCUT2D eigenvalue weighted by molar-refractivity contribution is 7.17. The van der Waals surface area contributed by atoms with Gasteiger partial charge in [-0.1, -0.05) is 23.5 Å². The second-order valence-corrected chi connectivity index (χ2v) is 4.97. The molecule has 0 radical (unpaired) electrons. The second-order valence-electron chi connectivity index (χ2n) is 3.97. The van der Waals surface area contributed by atoms with Crippen LogP contribution >= 0.6 is 11.3 Å². The number of nitrogens with zero attached hydrogens (tertiary/aromatic N) is 1. The van der Waals surface area contributed by atoms with Crippen molar-refractivity contribution in [2.24, 2.45) is 0 Å². The fourth-order valence-corrected chi connectivity index (χ4v) is 2.42. The summed E-state index contributed by atoms with van der Waals surface area (Å²) < 4.78 is 18.3. The van der Waals surface area contributed by atoms with Crippen LogP contribution in [0.5, 0.6) is 0 Å². The number of aromatic carboxylic acids is 1. The Hall–Kier alpha value is -2.32. The molecule has 1 amide bonds. The Balaban J connectivity index is 2.24. The third-order valence-electron chi connectivity index (χ3n) is 2.51. The van der Waals surface area contributed by atoms with Crippen molar-refractivity contribution < 1.29 is 23.8 Å². The number of rotatable bonds is 5. The number of carbonyl (C=O) groups excluding carboxylic acids is 1. The third-order valence-corrected chi connectivity index (χ3v) is 3.51. The van der Waals surface area contributed by atoms with E-state index in [1.165, 1.54) is 25.3 Å². The van der Waals surface area contributed by atoms with Gasteiger partial charge in [0, 0.05) is 7.11 Å². The molecule has 1 heterocycles. The van der Waals surface area contributed by atoms with E-state index in [-0.39, 0.29) is 27.9 Å². The number of methoxy groups -OCH3 is 1. The average Bonchev–Trinajstić information content (AvgIpc) is 2.82. The molecule has 0 aliphatic carbocycles. The highest BCUT2D eigenvalue weighted by Gasteiger charge is 2.19. The molecular formula is C13H11FN2O4S. The number of carboxylic acids is 1. The molecule has 21 heavy (non-hydrogen) atoms. The van der Waals surface area contributed by atoms with Crippen molar-refractivity contribution in [2.45, 2.75) is 6.61 Å². The fourth-order valence-electron chi connectivity index (χ4n) is 1.62. The Bertz CT molecular complexity index is 687. The van der Waals surface area contributed by atoms with Gasteiger partial charge in [0.15, 0.2) is 5.13 Å². The van der Waals surface area contributed by atoms with E-state index in [0.29, 0.717) is 0 Å². The molecule has 8 heteroatoms. The first-order valence-corrected chi connectivity index (χ1v) is 6.62. The third kappa shape index (κ3) is 3.41. The van der Waals surface area contributed by atoms with Gasteiger partial charge >= 0.3 is 5.97 Å². The van der Waals surface area contributed by atoms with Crippen LogP contribution in [-0.2, 0) is 11.3 Å². The van der Waals surface area contributed by atoms with Crippen LogP contribution in [0.15, 0.2) is 24.3 Å². The molecule has 110 valence electrons. The van der Waals surface area contributed by atoms with Gasteiger partial charge in [-0.05, 0) is 12.1 Å². The molecule has 1 aromatic carbocycles. The zero-order valence-corrected chi connectivity index (χ0v) is 11.7. The van der Waals surface area contributed by atoms with E-state index < -0.39 is 17.7 Å². The average molecular weight is 310 g/mol. The summed E-state index contributed by atoms with van der Waals surface area (Å²) in [7, 11) is 1.41. The maximum Gasteiger partial charge on any atom is 0.347 e. The van der Waals surface area contributed by atoms with E-state index in [4.69, 9.17) is 9.84 Å². The monoisotopic (exact) mass is 310 g/mol. The Morgan fingerprint density at radius 1 is 1.43 bits per heavy atom. The highest BCUT2D eigenvalue weighted by atomic mass is 32.1. The maximum absolute atomic E-state index is 13.5. The molecule has 0 aliphatic heterocycles. The Kier molecular flexibility index (Phi) is 4.61. The minimum atomic E-state index is -1.16. The summed E-state index contributed by atoms with van der Waals surface area (Å²) in [5, 5.41) is 11.5. The molecule has 0 saturated carbocycles. The molecule has 0 saturated heterocycles. The van der Waals surface area contributed by atoms with Crippen LogP contribution in [-0.4, -0.2) is 29.1 Å². The van der Waals surface area contributed by atoms with Gasteiger partial charge in [0.1, 0.15) is 10.7 Å². The fraction of sp³-hybridized carbons (Fsp3) is 0.154. The van der Waals surface area contributed by atoms with Crippen molar-refractivity contribution in [1.29, 1.82) is 0 Å². The summed E-state index contributed by atoms with van der Waals surface area (Å²) in [6.07, 6.45) is 0. The summed E-state index contributed by atoms with van der Waals surface area (Å²) >= 11 is 0.791. The van der Waals surface area contributed by atoms with Crippen LogP contribution in [0.25, 0.3) is 0 Å². The zero-order chi connectivity index (χ0) is 15.4. The van der Waals surface area contributed by atoms with Gasteiger partial charge in [0.2, 0.25) is 0 Å². The van der Waals surface area contributed by atoms with Gasteiger partial charge in [-0.15, -0.1) is 0 Å². The van der Waals surface area contributed by atoms with Crippen molar-refractivity contribution in [3.63, 3.8) is 0 Å². The molecule has 2 aromatic rings. The molecule has 2 N–H and O–H groups in total. The number of anilines is 1. The standard InChI is InChI=1S/C13H11FN2O4S/c1-20-6-9-10(12(18)19)21-13(15-9)16-11(17)7-4-2-3-5-8(7)14/h2-5H,6H2,1H3,(H,18,19)(H,15,16,17). The Labute approximate surface area is 123 Å². The van der Waals surface area contributed by atoms with Gasteiger partial charge in [-0.25, -0.2) is 14.2 Å². The topological polar surface area (TPSA) is 88.5 Å². The number of hydrogen-bond acceptors (Lipinski definition) is 5. The van der Waals surface area contributed by atoms with E-state index in [1.807, 2.05) is 0 Å². The number of carboxylic acid groups (broad SMARTS) is 1. The number of hydrogen-bond donors (Lipinski definition) is 2. The first-order valence-electron chi connectivity index (χ1n) is 5.80. The van der Waals surface area contributed by atoms with Gasteiger partial charge < -0.3 is 9.84 Å². The summed E-state index contributed by atoms with van der Waals surface area (Å²) in [5.74, 6) is -2.52. The SMILES string of the molecule is COCc1nc(NC(=O)c2ccccc2F)sc1C(=O)O.